The van der Waals surface area contributed by atoms with Gasteiger partial charge in [-0.1, -0.05) is 11.6 Å². The normalized spacial score (nSPS) is 9.74. The Balaban J connectivity index is 2.00. The first-order valence-corrected chi connectivity index (χ1v) is 5.95. The van der Waals surface area contributed by atoms with Crippen molar-refractivity contribution in [3.05, 3.63) is 47.5 Å². The van der Waals surface area contributed by atoms with Gasteiger partial charge < -0.3 is 5.32 Å². The Hall–Kier alpha value is -2.12. The molecule has 0 saturated carbocycles. The molecule has 0 radical (unpaired) electrons. The van der Waals surface area contributed by atoms with Crippen LogP contribution in [-0.4, -0.2) is 26.0 Å². The van der Waals surface area contributed by atoms with Crippen molar-refractivity contribution in [2.75, 3.05) is 5.32 Å². The van der Waals surface area contributed by atoms with Crippen LogP contribution >= 0.6 is 23.8 Å². The number of nitrogens with zero attached hydrogens (tertiary/aromatic N) is 3. The third kappa shape index (κ3) is 3.67. The fraction of sp³-hybridized carbons (Fsp3) is 0. The number of aromatic nitrogens is 3. The zero-order valence-corrected chi connectivity index (χ0v) is 11.1. The molecule has 0 aliphatic rings. The molecule has 2 rings (SSSR count). The zero-order chi connectivity index (χ0) is 13.7. The van der Waals surface area contributed by atoms with Gasteiger partial charge in [-0.15, -0.1) is 0 Å². The van der Waals surface area contributed by atoms with Crippen molar-refractivity contribution in [3.63, 3.8) is 0 Å². The summed E-state index contributed by atoms with van der Waals surface area (Å²) in [6, 6.07) is 4.83. The minimum atomic E-state index is -0.452. The van der Waals surface area contributed by atoms with E-state index in [9.17, 15) is 4.79 Å². The molecule has 1 amide bonds. The number of anilines is 1. The predicted octanol–water partition coefficient (Wildman–Crippen LogP) is 1.65. The van der Waals surface area contributed by atoms with E-state index in [1.807, 2.05) is 0 Å². The Morgan fingerprint density at radius 3 is 2.53 bits per heavy atom. The zero-order valence-electron chi connectivity index (χ0n) is 9.50. The van der Waals surface area contributed by atoms with E-state index in [2.05, 4.69) is 25.6 Å². The first-order chi connectivity index (χ1) is 9.16. The molecule has 2 heterocycles. The number of hydrogen-bond donors (Lipinski definition) is 2. The number of nitrogens with one attached hydrogen (secondary N) is 2. The van der Waals surface area contributed by atoms with Gasteiger partial charge in [0.25, 0.3) is 5.91 Å². The number of halogens is 1. The van der Waals surface area contributed by atoms with Crippen LogP contribution in [0.1, 0.15) is 10.4 Å². The molecule has 2 aromatic heterocycles. The van der Waals surface area contributed by atoms with E-state index >= 15 is 0 Å². The van der Waals surface area contributed by atoms with Gasteiger partial charge in [0.05, 0.1) is 5.56 Å². The van der Waals surface area contributed by atoms with Crippen molar-refractivity contribution in [2.45, 2.75) is 0 Å². The molecule has 0 spiro atoms. The molecular formula is C11H8ClN5OS. The average molecular weight is 294 g/mol. The summed E-state index contributed by atoms with van der Waals surface area (Å²) in [5, 5.41) is 5.33. The minimum absolute atomic E-state index is 0.0797. The second-order valence-electron chi connectivity index (χ2n) is 3.32. The number of rotatable bonds is 2. The predicted molar refractivity (Wildman–Crippen MR) is 75.0 cm³/mol. The lowest BCUT2D eigenvalue weighted by molar-refractivity contribution is 0.0977. The van der Waals surface area contributed by atoms with Gasteiger partial charge in [-0.2, -0.15) is 0 Å². The molecule has 0 fully saturated rings. The Kier molecular flexibility index (Phi) is 4.32. The van der Waals surface area contributed by atoms with Gasteiger partial charge in [0.2, 0.25) is 5.95 Å². The quantitative estimate of drug-likeness (QED) is 0.647. The van der Waals surface area contributed by atoms with E-state index in [1.54, 1.807) is 30.6 Å². The van der Waals surface area contributed by atoms with E-state index in [0.29, 0.717) is 5.95 Å². The molecule has 96 valence electrons. The standard InChI is InChI=1S/C11H8ClN5OS/c12-8-7(3-1-4-13-8)9(18)16-11(19)17-10-14-5-2-6-15-10/h1-6H,(H2,14,15,16,17,18,19). The molecule has 0 unspecified atom stereocenters. The SMILES string of the molecule is O=C(NC(=S)Nc1ncccn1)c1cccnc1Cl. The van der Waals surface area contributed by atoms with Crippen molar-refractivity contribution in [1.82, 2.24) is 20.3 Å². The Morgan fingerprint density at radius 1 is 1.16 bits per heavy atom. The van der Waals surface area contributed by atoms with Crippen LogP contribution in [0.15, 0.2) is 36.8 Å². The van der Waals surface area contributed by atoms with Gasteiger partial charge in [0.1, 0.15) is 5.15 Å². The molecule has 0 aromatic carbocycles. The lowest BCUT2D eigenvalue weighted by atomic mass is 10.3. The third-order valence-electron chi connectivity index (χ3n) is 2.02. The monoisotopic (exact) mass is 293 g/mol. The fourth-order valence-corrected chi connectivity index (χ4v) is 1.61. The summed E-state index contributed by atoms with van der Waals surface area (Å²) in [5.41, 5.74) is 0.238. The maximum Gasteiger partial charge on any atom is 0.260 e. The number of amides is 1. The highest BCUT2D eigenvalue weighted by atomic mass is 35.5. The van der Waals surface area contributed by atoms with E-state index < -0.39 is 5.91 Å². The highest BCUT2D eigenvalue weighted by Crippen LogP contribution is 2.10. The minimum Gasteiger partial charge on any atom is -0.301 e. The molecule has 0 bridgehead atoms. The Labute approximate surface area is 119 Å². The van der Waals surface area contributed by atoms with E-state index in [0.717, 1.165) is 0 Å². The second-order valence-corrected chi connectivity index (χ2v) is 4.09. The Bertz CT molecular complexity index is 607. The lowest BCUT2D eigenvalue weighted by Gasteiger charge is -2.08. The van der Waals surface area contributed by atoms with Crippen molar-refractivity contribution in [3.8, 4) is 0 Å². The van der Waals surface area contributed by atoms with Crippen LogP contribution in [-0.2, 0) is 0 Å². The van der Waals surface area contributed by atoms with Crippen LogP contribution < -0.4 is 10.6 Å². The summed E-state index contributed by atoms with van der Waals surface area (Å²) in [6.45, 7) is 0. The molecule has 19 heavy (non-hydrogen) atoms. The van der Waals surface area contributed by atoms with Gasteiger partial charge >= 0.3 is 0 Å². The maximum atomic E-state index is 11.9. The molecule has 0 aliphatic carbocycles. The van der Waals surface area contributed by atoms with E-state index in [-0.39, 0.29) is 15.8 Å². The first-order valence-electron chi connectivity index (χ1n) is 5.16. The van der Waals surface area contributed by atoms with Crippen molar-refractivity contribution in [1.29, 1.82) is 0 Å². The van der Waals surface area contributed by atoms with Crippen LogP contribution in [0.4, 0.5) is 5.95 Å². The smallest absolute Gasteiger partial charge is 0.260 e. The van der Waals surface area contributed by atoms with Crippen LogP contribution in [0.25, 0.3) is 0 Å². The summed E-state index contributed by atoms with van der Waals surface area (Å²) < 4.78 is 0. The summed E-state index contributed by atoms with van der Waals surface area (Å²) in [5.74, 6) is -0.156. The number of thiocarbonyl (C=S) groups is 1. The largest absolute Gasteiger partial charge is 0.301 e. The summed E-state index contributed by atoms with van der Waals surface area (Å²) >= 11 is 10.8. The van der Waals surface area contributed by atoms with Gasteiger partial charge in [-0.25, -0.2) is 15.0 Å². The third-order valence-corrected chi connectivity index (χ3v) is 2.53. The highest BCUT2D eigenvalue weighted by molar-refractivity contribution is 7.80. The van der Waals surface area contributed by atoms with Crippen LogP contribution in [0.5, 0.6) is 0 Å². The molecule has 6 nitrogen and oxygen atoms in total. The van der Waals surface area contributed by atoms with Crippen LogP contribution in [0.3, 0.4) is 0 Å². The highest BCUT2D eigenvalue weighted by Gasteiger charge is 2.12. The summed E-state index contributed by atoms with van der Waals surface area (Å²) in [4.78, 5) is 23.5. The molecule has 0 saturated heterocycles. The van der Waals surface area contributed by atoms with Crippen molar-refractivity contribution < 1.29 is 4.79 Å². The molecule has 0 atom stereocenters. The number of carbonyl (C=O) groups is 1. The summed E-state index contributed by atoms with van der Waals surface area (Å²) in [6.07, 6.45) is 4.60. The van der Waals surface area contributed by atoms with Gasteiger partial charge in [0.15, 0.2) is 5.11 Å². The second kappa shape index (κ2) is 6.17. The van der Waals surface area contributed by atoms with Crippen LogP contribution in [0, 0.1) is 0 Å². The molecular weight excluding hydrogens is 286 g/mol. The van der Waals surface area contributed by atoms with Crippen molar-refractivity contribution in [2.24, 2.45) is 0 Å². The van der Waals surface area contributed by atoms with E-state index in [1.165, 1.54) is 6.20 Å². The Morgan fingerprint density at radius 2 is 1.84 bits per heavy atom. The molecule has 0 aliphatic heterocycles. The van der Waals surface area contributed by atoms with Crippen LogP contribution in [0.2, 0.25) is 5.15 Å². The number of pyridine rings is 1. The topological polar surface area (TPSA) is 79.8 Å². The summed E-state index contributed by atoms with van der Waals surface area (Å²) in [7, 11) is 0. The number of hydrogen-bond acceptors (Lipinski definition) is 5. The molecule has 2 aromatic rings. The van der Waals surface area contributed by atoms with Gasteiger partial charge in [-0.05, 0) is 30.4 Å². The number of carbonyl (C=O) groups excluding carboxylic acids is 1. The van der Waals surface area contributed by atoms with Gasteiger partial charge in [0, 0.05) is 18.6 Å². The van der Waals surface area contributed by atoms with Gasteiger partial charge in [-0.3, -0.25) is 10.1 Å². The molecule has 2 N–H and O–H groups in total. The maximum absolute atomic E-state index is 11.9. The first kappa shape index (κ1) is 13.3. The lowest BCUT2D eigenvalue weighted by Crippen LogP contribution is -2.34. The van der Waals surface area contributed by atoms with E-state index in [4.69, 9.17) is 23.8 Å². The van der Waals surface area contributed by atoms with Crippen molar-refractivity contribution >= 4 is 40.8 Å². The fourth-order valence-electron chi connectivity index (χ4n) is 1.22. The molecule has 8 heteroatoms. The average Bonchev–Trinajstić information content (AvgIpc) is 2.40.